The second-order valence-corrected chi connectivity index (χ2v) is 7.82. The summed E-state index contributed by atoms with van der Waals surface area (Å²) in [5.41, 5.74) is 0. The maximum Gasteiger partial charge on any atom is 0.125 e. The van der Waals surface area contributed by atoms with Gasteiger partial charge in [0.2, 0.25) is 0 Å². The molecule has 1 heteroatoms. The first-order valence-electron chi connectivity index (χ1n) is 7.78. The van der Waals surface area contributed by atoms with E-state index in [0.29, 0.717) is 10.6 Å². The molecule has 0 unspecified atom stereocenters. The van der Waals surface area contributed by atoms with Gasteiger partial charge in [0.25, 0.3) is 0 Å². The molecule has 2 aliphatic carbocycles. The van der Waals surface area contributed by atoms with E-state index in [0.717, 1.165) is 11.8 Å². The van der Waals surface area contributed by atoms with Crippen molar-refractivity contribution in [2.24, 2.45) is 11.8 Å². The monoisotopic (exact) mass is 233 g/mol. The highest BCUT2D eigenvalue weighted by molar-refractivity contribution is 6.44. The molecule has 0 bridgehead atoms. The maximum atomic E-state index is 2.78. The van der Waals surface area contributed by atoms with Crippen LogP contribution in [-0.4, -0.2) is 7.28 Å². The Morgan fingerprint density at radius 3 is 1.29 bits per heavy atom. The van der Waals surface area contributed by atoms with E-state index in [1.165, 1.54) is 51.4 Å². The molecule has 97 valence electrons. The standard InChI is InChI=1S/C16H30B/c1-13-5-9-15(3,10-6-13)17-16(4)11-7-14(2)8-12-16/h13-14H,5-12H2,1-4H3. The van der Waals surface area contributed by atoms with E-state index in [1.807, 2.05) is 0 Å². The highest BCUT2D eigenvalue weighted by Crippen LogP contribution is 2.53. The van der Waals surface area contributed by atoms with E-state index in [2.05, 4.69) is 35.0 Å². The maximum absolute atomic E-state index is 2.78. The predicted molar refractivity (Wildman–Crippen MR) is 77.8 cm³/mol. The quantitative estimate of drug-likeness (QED) is 0.555. The molecule has 0 spiro atoms. The van der Waals surface area contributed by atoms with Crippen LogP contribution in [0, 0.1) is 11.8 Å². The summed E-state index contributed by atoms with van der Waals surface area (Å²) in [4.78, 5) is 0. The van der Waals surface area contributed by atoms with E-state index >= 15 is 0 Å². The van der Waals surface area contributed by atoms with Crippen LogP contribution in [0.15, 0.2) is 0 Å². The Kier molecular flexibility index (Phi) is 3.95. The highest BCUT2D eigenvalue weighted by Gasteiger charge is 2.39. The molecule has 2 saturated carbocycles. The van der Waals surface area contributed by atoms with Gasteiger partial charge in [0, 0.05) is 0 Å². The van der Waals surface area contributed by atoms with Crippen molar-refractivity contribution < 1.29 is 0 Å². The lowest BCUT2D eigenvalue weighted by atomic mass is 9.34. The van der Waals surface area contributed by atoms with Gasteiger partial charge in [-0.2, -0.15) is 0 Å². The second kappa shape index (κ2) is 4.98. The van der Waals surface area contributed by atoms with Crippen molar-refractivity contribution in [3.63, 3.8) is 0 Å². The molecule has 2 fully saturated rings. The lowest BCUT2D eigenvalue weighted by Gasteiger charge is -2.45. The molecule has 17 heavy (non-hydrogen) atoms. The van der Waals surface area contributed by atoms with Crippen LogP contribution >= 0.6 is 0 Å². The van der Waals surface area contributed by atoms with Gasteiger partial charge >= 0.3 is 0 Å². The third-order valence-corrected chi connectivity index (χ3v) is 5.53. The van der Waals surface area contributed by atoms with Gasteiger partial charge < -0.3 is 0 Å². The summed E-state index contributed by atoms with van der Waals surface area (Å²) < 4.78 is 0. The predicted octanol–water partition coefficient (Wildman–Crippen LogP) is 5.47. The van der Waals surface area contributed by atoms with Gasteiger partial charge in [0.1, 0.15) is 7.28 Å². The third-order valence-electron chi connectivity index (χ3n) is 5.53. The lowest BCUT2D eigenvalue weighted by molar-refractivity contribution is 0.286. The second-order valence-electron chi connectivity index (χ2n) is 7.82. The molecule has 0 nitrogen and oxygen atoms in total. The molecule has 0 amide bonds. The van der Waals surface area contributed by atoms with E-state index in [9.17, 15) is 0 Å². The van der Waals surface area contributed by atoms with Crippen molar-refractivity contribution in [3.05, 3.63) is 0 Å². The van der Waals surface area contributed by atoms with E-state index in [-0.39, 0.29) is 0 Å². The Bertz CT molecular complexity index is 216. The van der Waals surface area contributed by atoms with Crippen molar-refractivity contribution in [1.29, 1.82) is 0 Å². The summed E-state index contributed by atoms with van der Waals surface area (Å²) in [5.74, 6) is 1.94. The largest absolute Gasteiger partial charge is 0.125 e. The Labute approximate surface area is 109 Å². The topological polar surface area (TPSA) is 0 Å². The van der Waals surface area contributed by atoms with Gasteiger partial charge in [-0.25, -0.2) is 0 Å². The van der Waals surface area contributed by atoms with Gasteiger partial charge in [-0.05, 0) is 11.8 Å². The van der Waals surface area contributed by atoms with Crippen LogP contribution in [-0.2, 0) is 0 Å². The third kappa shape index (κ3) is 3.52. The fourth-order valence-electron chi connectivity index (χ4n) is 3.97. The van der Waals surface area contributed by atoms with Crippen LogP contribution in [0.1, 0.15) is 79.1 Å². The SMILES string of the molecule is CC1CCC(C)([B]C2(C)CCC(C)CC2)CC1. The molecule has 2 aliphatic rings. The molecule has 0 saturated heterocycles. The minimum Gasteiger partial charge on any atom is -0.0669 e. The van der Waals surface area contributed by atoms with Crippen molar-refractivity contribution in [3.8, 4) is 0 Å². The van der Waals surface area contributed by atoms with Gasteiger partial charge in [0.15, 0.2) is 0 Å². The van der Waals surface area contributed by atoms with Crippen LogP contribution in [0.5, 0.6) is 0 Å². The van der Waals surface area contributed by atoms with Crippen LogP contribution in [0.3, 0.4) is 0 Å². The Balaban J connectivity index is 1.91. The molecule has 0 atom stereocenters. The van der Waals surface area contributed by atoms with Crippen LogP contribution in [0.2, 0.25) is 10.6 Å². The van der Waals surface area contributed by atoms with Crippen LogP contribution in [0.25, 0.3) is 0 Å². The zero-order valence-electron chi connectivity index (χ0n) is 12.4. The van der Waals surface area contributed by atoms with E-state index < -0.39 is 0 Å². The average molecular weight is 233 g/mol. The smallest absolute Gasteiger partial charge is 0.0669 e. The Morgan fingerprint density at radius 1 is 0.706 bits per heavy atom. The molecule has 2 rings (SSSR count). The van der Waals surface area contributed by atoms with Gasteiger partial charge in [0.05, 0.1) is 0 Å². The minimum absolute atomic E-state index is 0.543. The van der Waals surface area contributed by atoms with Crippen molar-refractivity contribution >= 4 is 7.28 Å². The molecular formula is C16H30B. The first-order chi connectivity index (χ1) is 7.91. The van der Waals surface area contributed by atoms with E-state index in [4.69, 9.17) is 0 Å². The number of rotatable bonds is 2. The molecule has 0 aromatic carbocycles. The molecule has 0 aromatic rings. The Morgan fingerprint density at radius 2 is 1.00 bits per heavy atom. The van der Waals surface area contributed by atoms with Crippen LogP contribution < -0.4 is 0 Å². The minimum atomic E-state index is 0.543. The number of hydrogen-bond donors (Lipinski definition) is 0. The summed E-state index contributed by atoms with van der Waals surface area (Å²) in [7, 11) is 2.78. The summed E-state index contributed by atoms with van der Waals surface area (Å²) in [5, 5.41) is 1.09. The Hall–Kier alpha value is 0.0649. The highest BCUT2D eigenvalue weighted by atomic mass is 14.3. The number of hydrogen-bond acceptors (Lipinski definition) is 0. The molecule has 0 aromatic heterocycles. The molecular weight excluding hydrogens is 203 g/mol. The average Bonchev–Trinajstić information content (AvgIpc) is 2.28. The van der Waals surface area contributed by atoms with Gasteiger partial charge in [-0.15, -0.1) is 0 Å². The first-order valence-corrected chi connectivity index (χ1v) is 7.78. The van der Waals surface area contributed by atoms with Gasteiger partial charge in [-0.3, -0.25) is 0 Å². The summed E-state index contributed by atoms with van der Waals surface area (Å²) >= 11 is 0. The summed E-state index contributed by atoms with van der Waals surface area (Å²) in [6.45, 7) is 9.87. The van der Waals surface area contributed by atoms with Gasteiger partial charge in [-0.1, -0.05) is 89.7 Å². The molecule has 0 heterocycles. The lowest BCUT2D eigenvalue weighted by Crippen LogP contribution is -2.33. The zero-order chi connectivity index (χ0) is 12.5. The molecule has 0 aliphatic heterocycles. The molecule has 0 N–H and O–H groups in total. The first kappa shape index (κ1) is 13.5. The normalized spacial score (nSPS) is 47.8. The van der Waals surface area contributed by atoms with Crippen LogP contribution in [0.4, 0.5) is 0 Å². The van der Waals surface area contributed by atoms with Crippen molar-refractivity contribution in [1.82, 2.24) is 0 Å². The van der Waals surface area contributed by atoms with Crippen molar-refractivity contribution in [2.75, 3.05) is 0 Å². The fourth-order valence-corrected chi connectivity index (χ4v) is 3.97. The molecule has 1 radical (unpaired) electrons. The zero-order valence-corrected chi connectivity index (χ0v) is 12.4. The summed E-state index contributed by atoms with van der Waals surface area (Å²) in [6, 6.07) is 0. The fraction of sp³-hybridized carbons (Fsp3) is 1.00. The summed E-state index contributed by atoms with van der Waals surface area (Å²) in [6.07, 6.45) is 11.5. The van der Waals surface area contributed by atoms with E-state index in [1.54, 1.807) is 0 Å². The van der Waals surface area contributed by atoms with Crippen molar-refractivity contribution in [2.45, 2.75) is 89.7 Å².